The second-order valence-electron chi connectivity index (χ2n) is 5.99. The maximum absolute atomic E-state index is 10.1. The standard InChI is InChI=1S/C8H12N2O2.C8H18N2/c1-2-10-5-4-9-8(10)7(12)3-6-11;1-9(2)8-4-6-10(3)7-5-8/h4-7,12H,2-3H2,1H3;8H,4-7H2,1-3H3. The minimum absolute atomic E-state index is 0.108. The molecule has 0 spiro atoms. The molecule has 1 aromatic rings. The maximum Gasteiger partial charge on any atom is 0.138 e. The summed E-state index contributed by atoms with van der Waals surface area (Å²) in [5.41, 5.74) is 0. The second kappa shape index (κ2) is 9.71. The van der Waals surface area contributed by atoms with Crippen LogP contribution in [-0.2, 0) is 11.3 Å². The molecular formula is C16H30N4O2. The van der Waals surface area contributed by atoms with E-state index in [1.807, 2.05) is 11.5 Å². The Morgan fingerprint density at radius 3 is 2.59 bits per heavy atom. The number of piperidine rings is 1. The summed E-state index contributed by atoms with van der Waals surface area (Å²) >= 11 is 0. The van der Waals surface area contributed by atoms with Gasteiger partial charge in [-0.05, 0) is 54.0 Å². The monoisotopic (exact) mass is 310 g/mol. The van der Waals surface area contributed by atoms with Crippen LogP contribution in [0.25, 0.3) is 0 Å². The van der Waals surface area contributed by atoms with Gasteiger partial charge in [0.2, 0.25) is 0 Å². The van der Waals surface area contributed by atoms with E-state index < -0.39 is 6.10 Å². The molecule has 0 saturated carbocycles. The van der Waals surface area contributed by atoms with Crippen LogP contribution in [0.2, 0.25) is 0 Å². The van der Waals surface area contributed by atoms with Crippen LogP contribution in [0.5, 0.6) is 0 Å². The summed E-state index contributed by atoms with van der Waals surface area (Å²) in [5, 5.41) is 9.41. The van der Waals surface area contributed by atoms with Gasteiger partial charge in [0.25, 0.3) is 0 Å². The first-order valence-corrected chi connectivity index (χ1v) is 7.97. The lowest BCUT2D eigenvalue weighted by Crippen LogP contribution is -2.40. The van der Waals surface area contributed by atoms with Gasteiger partial charge in [-0.2, -0.15) is 0 Å². The van der Waals surface area contributed by atoms with Gasteiger partial charge in [0.1, 0.15) is 18.2 Å². The Hall–Kier alpha value is -1.24. The molecule has 2 heterocycles. The van der Waals surface area contributed by atoms with Crippen LogP contribution in [0.3, 0.4) is 0 Å². The number of aryl methyl sites for hydroxylation is 1. The van der Waals surface area contributed by atoms with Crippen LogP contribution in [-0.4, -0.2) is 71.0 Å². The first-order valence-electron chi connectivity index (χ1n) is 7.97. The molecule has 22 heavy (non-hydrogen) atoms. The van der Waals surface area contributed by atoms with E-state index in [4.69, 9.17) is 0 Å². The maximum atomic E-state index is 10.1. The lowest BCUT2D eigenvalue weighted by molar-refractivity contribution is -0.109. The van der Waals surface area contributed by atoms with E-state index in [0.717, 1.165) is 12.6 Å². The molecule has 1 aliphatic heterocycles. The average molecular weight is 310 g/mol. The number of aldehydes is 1. The summed E-state index contributed by atoms with van der Waals surface area (Å²) in [6, 6.07) is 0.830. The number of hydrogen-bond acceptors (Lipinski definition) is 5. The van der Waals surface area contributed by atoms with Crippen molar-refractivity contribution < 1.29 is 9.90 Å². The quantitative estimate of drug-likeness (QED) is 0.827. The van der Waals surface area contributed by atoms with Crippen molar-refractivity contribution in [3.63, 3.8) is 0 Å². The number of aliphatic hydroxyl groups excluding tert-OH is 1. The minimum Gasteiger partial charge on any atom is -0.385 e. The van der Waals surface area contributed by atoms with Crippen LogP contribution >= 0.6 is 0 Å². The Morgan fingerprint density at radius 2 is 2.09 bits per heavy atom. The smallest absolute Gasteiger partial charge is 0.138 e. The third kappa shape index (κ3) is 5.87. The zero-order valence-corrected chi connectivity index (χ0v) is 14.3. The Kier molecular flexibility index (Phi) is 8.30. The lowest BCUT2D eigenvalue weighted by Gasteiger charge is -2.32. The number of imidazole rings is 1. The number of likely N-dealkylation sites (tertiary alicyclic amines) is 1. The largest absolute Gasteiger partial charge is 0.385 e. The zero-order valence-electron chi connectivity index (χ0n) is 14.3. The highest BCUT2D eigenvalue weighted by Gasteiger charge is 2.17. The van der Waals surface area contributed by atoms with E-state index >= 15 is 0 Å². The molecule has 1 unspecified atom stereocenters. The molecule has 1 aromatic heterocycles. The normalized spacial score (nSPS) is 17.9. The SMILES string of the molecule is CCn1ccnc1C(O)CC=O.CN1CCC(N(C)C)CC1. The average Bonchev–Trinajstić information content (AvgIpc) is 2.97. The Balaban J connectivity index is 0.000000224. The molecule has 126 valence electrons. The molecular weight excluding hydrogens is 280 g/mol. The Bertz CT molecular complexity index is 426. The van der Waals surface area contributed by atoms with Crippen molar-refractivity contribution in [3.8, 4) is 0 Å². The predicted molar refractivity (Wildman–Crippen MR) is 87.7 cm³/mol. The summed E-state index contributed by atoms with van der Waals surface area (Å²) < 4.78 is 1.81. The molecule has 1 aliphatic rings. The van der Waals surface area contributed by atoms with E-state index in [-0.39, 0.29) is 6.42 Å². The third-order valence-corrected chi connectivity index (χ3v) is 4.12. The van der Waals surface area contributed by atoms with Crippen LogP contribution in [0.1, 0.15) is 38.1 Å². The van der Waals surface area contributed by atoms with Gasteiger partial charge in [0.15, 0.2) is 0 Å². The zero-order chi connectivity index (χ0) is 16.5. The molecule has 1 saturated heterocycles. The minimum atomic E-state index is -0.766. The summed E-state index contributed by atoms with van der Waals surface area (Å²) in [6.45, 7) is 5.25. The first kappa shape index (κ1) is 18.8. The summed E-state index contributed by atoms with van der Waals surface area (Å²) in [7, 11) is 6.55. The molecule has 0 amide bonds. The van der Waals surface area contributed by atoms with E-state index in [1.54, 1.807) is 12.4 Å². The molecule has 2 rings (SSSR count). The fourth-order valence-corrected chi connectivity index (χ4v) is 2.59. The van der Waals surface area contributed by atoms with Crippen LogP contribution < -0.4 is 0 Å². The van der Waals surface area contributed by atoms with E-state index in [9.17, 15) is 9.90 Å². The highest BCUT2D eigenvalue weighted by molar-refractivity contribution is 5.50. The number of nitrogens with zero attached hydrogens (tertiary/aromatic N) is 4. The Morgan fingerprint density at radius 1 is 1.45 bits per heavy atom. The number of carbonyl (C=O) groups is 1. The number of carbonyl (C=O) groups excluding carboxylic acids is 1. The van der Waals surface area contributed by atoms with Gasteiger partial charge in [0.05, 0.1) is 0 Å². The van der Waals surface area contributed by atoms with Crippen molar-refractivity contribution in [2.75, 3.05) is 34.2 Å². The molecule has 0 aliphatic carbocycles. The summed E-state index contributed by atoms with van der Waals surface area (Å²) in [4.78, 5) is 18.8. The predicted octanol–water partition coefficient (Wildman–Crippen LogP) is 1.17. The van der Waals surface area contributed by atoms with Crippen molar-refractivity contribution in [3.05, 3.63) is 18.2 Å². The van der Waals surface area contributed by atoms with E-state index in [2.05, 4.69) is 35.9 Å². The van der Waals surface area contributed by atoms with E-state index in [0.29, 0.717) is 12.1 Å². The van der Waals surface area contributed by atoms with Gasteiger partial charge in [0, 0.05) is 31.4 Å². The van der Waals surface area contributed by atoms with Gasteiger partial charge < -0.3 is 24.3 Å². The van der Waals surface area contributed by atoms with Gasteiger partial charge in [-0.3, -0.25) is 0 Å². The summed E-state index contributed by atoms with van der Waals surface area (Å²) in [5.74, 6) is 0.560. The molecule has 0 radical (unpaired) electrons. The van der Waals surface area contributed by atoms with Gasteiger partial charge >= 0.3 is 0 Å². The van der Waals surface area contributed by atoms with Gasteiger partial charge in [-0.15, -0.1) is 0 Å². The van der Waals surface area contributed by atoms with Crippen LogP contribution in [0.4, 0.5) is 0 Å². The van der Waals surface area contributed by atoms with Crippen molar-refractivity contribution in [1.29, 1.82) is 0 Å². The van der Waals surface area contributed by atoms with Crippen molar-refractivity contribution in [2.45, 2.75) is 44.9 Å². The molecule has 1 fully saturated rings. The van der Waals surface area contributed by atoms with Gasteiger partial charge in [-0.25, -0.2) is 4.98 Å². The Labute approximate surface area is 133 Å². The molecule has 6 nitrogen and oxygen atoms in total. The van der Waals surface area contributed by atoms with Crippen molar-refractivity contribution in [1.82, 2.24) is 19.4 Å². The third-order valence-electron chi connectivity index (χ3n) is 4.12. The second-order valence-corrected chi connectivity index (χ2v) is 5.99. The number of aromatic nitrogens is 2. The molecule has 0 bridgehead atoms. The van der Waals surface area contributed by atoms with E-state index in [1.165, 1.54) is 25.9 Å². The topological polar surface area (TPSA) is 61.6 Å². The number of rotatable bonds is 5. The fraction of sp³-hybridized carbons (Fsp3) is 0.750. The number of aliphatic hydroxyl groups is 1. The first-order chi connectivity index (χ1) is 10.5. The van der Waals surface area contributed by atoms with Gasteiger partial charge in [-0.1, -0.05) is 0 Å². The van der Waals surface area contributed by atoms with Crippen LogP contribution in [0, 0.1) is 0 Å². The molecule has 1 atom stereocenters. The summed E-state index contributed by atoms with van der Waals surface area (Å²) in [6.07, 6.45) is 6.11. The van der Waals surface area contributed by atoms with Crippen molar-refractivity contribution >= 4 is 6.29 Å². The van der Waals surface area contributed by atoms with Crippen molar-refractivity contribution in [2.24, 2.45) is 0 Å². The van der Waals surface area contributed by atoms with Crippen LogP contribution in [0.15, 0.2) is 12.4 Å². The number of hydrogen-bond donors (Lipinski definition) is 1. The highest BCUT2D eigenvalue weighted by atomic mass is 16.3. The highest BCUT2D eigenvalue weighted by Crippen LogP contribution is 2.13. The fourth-order valence-electron chi connectivity index (χ4n) is 2.59. The molecule has 0 aromatic carbocycles. The lowest BCUT2D eigenvalue weighted by atomic mass is 10.1. The molecule has 1 N–H and O–H groups in total. The molecule has 6 heteroatoms.